The molecule has 1 aliphatic rings. The highest BCUT2D eigenvalue weighted by molar-refractivity contribution is 5.92. The van der Waals surface area contributed by atoms with E-state index in [1.807, 2.05) is 5.92 Å². The Morgan fingerprint density at radius 2 is 2.42 bits per heavy atom. The van der Waals surface area contributed by atoms with Gasteiger partial charge in [0.1, 0.15) is 0 Å². The molecule has 0 saturated heterocycles. The maximum atomic E-state index is 10.6. The quantitative estimate of drug-likeness (QED) is 0.576. The monoisotopic (exact) mass is 167 g/mol. The average Bonchev–Trinajstić information content (AvgIpc) is 1.97. The highest BCUT2D eigenvalue weighted by atomic mass is 16.3. The van der Waals surface area contributed by atoms with Crippen LogP contribution in [0.2, 0.25) is 0 Å². The molecule has 3 nitrogen and oxygen atoms in total. The Hall–Kier alpha value is -1.01. The van der Waals surface area contributed by atoms with Crippen LogP contribution < -0.4 is 5.32 Å². The molecule has 3 heteroatoms. The third-order valence-corrected chi connectivity index (χ3v) is 2.30. The predicted molar refractivity (Wildman–Crippen MR) is 45.2 cm³/mol. The van der Waals surface area contributed by atoms with Crippen LogP contribution in [0.4, 0.5) is 0 Å². The molecule has 0 spiro atoms. The lowest BCUT2D eigenvalue weighted by Crippen LogP contribution is -2.38. The van der Waals surface area contributed by atoms with E-state index in [1.165, 1.54) is 6.42 Å². The minimum Gasteiger partial charge on any atom is -0.391 e. The van der Waals surface area contributed by atoms with E-state index in [0.29, 0.717) is 5.92 Å². The van der Waals surface area contributed by atoms with E-state index in [9.17, 15) is 9.90 Å². The van der Waals surface area contributed by atoms with E-state index < -0.39 is 12.0 Å². The van der Waals surface area contributed by atoms with Gasteiger partial charge in [0.2, 0.25) is 0 Å². The van der Waals surface area contributed by atoms with Gasteiger partial charge in [0.05, 0.1) is 6.10 Å². The number of terminal acetylenes is 1. The summed E-state index contributed by atoms with van der Waals surface area (Å²) in [4.78, 5) is 10.6. The zero-order valence-corrected chi connectivity index (χ0v) is 6.92. The third kappa shape index (κ3) is 2.24. The van der Waals surface area contributed by atoms with Crippen molar-refractivity contribution in [1.82, 2.24) is 5.32 Å². The molecule has 0 radical (unpaired) electrons. The van der Waals surface area contributed by atoms with Crippen molar-refractivity contribution in [1.29, 1.82) is 0 Å². The fraction of sp³-hybridized carbons (Fsp3) is 0.667. The van der Waals surface area contributed by atoms with Gasteiger partial charge in [-0.15, -0.1) is 6.42 Å². The summed E-state index contributed by atoms with van der Waals surface area (Å²) in [5.74, 6) is 1.85. The molecule has 0 aromatic carbocycles. The maximum absolute atomic E-state index is 10.6. The first-order valence-corrected chi connectivity index (χ1v) is 4.16. The zero-order chi connectivity index (χ0) is 8.97. The number of nitrogens with one attached hydrogen (secondary N) is 1. The highest BCUT2D eigenvalue weighted by Gasteiger charge is 2.25. The fourth-order valence-electron chi connectivity index (χ4n) is 1.24. The van der Waals surface area contributed by atoms with Crippen LogP contribution in [0.15, 0.2) is 0 Å². The summed E-state index contributed by atoms with van der Waals surface area (Å²) in [6, 6.07) is 0. The Kier molecular flexibility index (Phi) is 3.12. The third-order valence-electron chi connectivity index (χ3n) is 2.30. The predicted octanol–water partition coefficient (Wildman–Crippen LogP) is -0.103. The molecule has 0 heterocycles. The minimum absolute atomic E-state index is 0.285. The second-order valence-electron chi connectivity index (χ2n) is 3.11. The van der Waals surface area contributed by atoms with Crippen molar-refractivity contribution < 1.29 is 9.90 Å². The molecule has 12 heavy (non-hydrogen) atoms. The van der Waals surface area contributed by atoms with E-state index in [-0.39, 0.29) is 6.54 Å². The Balaban J connectivity index is 2.14. The number of aliphatic hydroxyl groups excluding tert-OH is 1. The summed E-state index contributed by atoms with van der Waals surface area (Å²) in [6.07, 6.45) is 7.73. The molecule has 0 bridgehead atoms. The summed E-state index contributed by atoms with van der Waals surface area (Å²) in [5.41, 5.74) is 0. The molecule has 0 aromatic rings. The molecule has 1 fully saturated rings. The smallest absolute Gasteiger partial charge is 0.295 e. The lowest BCUT2D eigenvalue weighted by molar-refractivity contribution is -0.116. The van der Waals surface area contributed by atoms with E-state index in [4.69, 9.17) is 6.42 Å². The van der Waals surface area contributed by atoms with Crippen molar-refractivity contribution in [2.75, 3.05) is 6.54 Å². The molecular formula is C9H13NO2. The van der Waals surface area contributed by atoms with E-state index in [1.54, 1.807) is 0 Å². The van der Waals surface area contributed by atoms with E-state index in [0.717, 1.165) is 12.8 Å². The minimum atomic E-state index is -0.451. The molecular weight excluding hydrogens is 154 g/mol. The van der Waals surface area contributed by atoms with Crippen molar-refractivity contribution >= 4 is 5.91 Å². The molecule has 1 amide bonds. The first kappa shape index (κ1) is 9.08. The first-order chi connectivity index (χ1) is 5.74. The molecule has 1 saturated carbocycles. The van der Waals surface area contributed by atoms with Gasteiger partial charge in [-0.1, -0.05) is 6.42 Å². The summed E-state index contributed by atoms with van der Waals surface area (Å²) >= 11 is 0. The van der Waals surface area contributed by atoms with Crippen molar-refractivity contribution in [2.24, 2.45) is 5.92 Å². The van der Waals surface area contributed by atoms with Crippen molar-refractivity contribution in [3.63, 3.8) is 0 Å². The maximum Gasteiger partial charge on any atom is 0.295 e. The number of amides is 1. The van der Waals surface area contributed by atoms with Crippen molar-refractivity contribution in [3.05, 3.63) is 0 Å². The second kappa shape index (κ2) is 4.13. The average molecular weight is 167 g/mol. The number of hydrogen-bond acceptors (Lipinski definition) is 2. The normalized spacial score (nSPS) is 19.0. The van der Waals surface area contributed by atoms with Gasteiger partial charge >= 0.3 is 0 Å². The Labute approximate surface area is 72.2 Å². The van der Waals surface area contributed by atoms with Gasteiger partial charge in [-0.05, 0) is 24.7 Å². The fourth-order valence-corrected chi connectivity index (χ4v) is 1.24. The number of aliphatic hydroxyl groups is 1. The van der Waals surface area contributed by atoms with Gasteiger partial charge in [-0.2, -0.15) is 0 Å². The number of carbonyl (C=O) groups excluding carboxylic acids is 1. The van der Waals surface area contributed by atoms with Crippen LogP contribution in [0.3, 0.4) is 0 Å². The van der Waals surface area contributed by atoms with Gasteiger partial charge in [0.15, 0.2) is 0 Å². The van der Waals surface area contributed by atoms with Crippen LogP contribution in [0, 0.1) is 18.3 Å². The Bertz CT molecular complexity index is 203. The van der Waals surface area contributed by atoms with Gasteiger partial charge in [0.25, 0.3) is 5.91 Å². The second-order valence-corrected chi connectivity index (χ2v) is 3.11. The number of carbonyl (C=O) groups is 1. The Morgan fingerprint density at radius 3 is 2.83 bits per heavy atom. The van der Waals surface area contributed by atoms with Crippen LogP contribution >= 0.6 is 0 Å². The van der Waals surface area contributed by atoms with Gasteiger partial charge in [-0.25, -0.2) is 0 Å². The molecule has 1 aliphatic carbocycles. The molecule has 1 atom stereocenters. The summed E-state index contributed by atoms with van der Waals surface area (Å²) in [5, 5.41) is 11.9. The van der Waals surface area contributed by atoms with Crippen LogP contribution in [-0.4, -0.2) is 23.7 Å². The zero-order valence-electron chi connectivity index (χ0n) is 6.92. The molecule has 1 unspecified atom stereocenters. The highest BCUT2D eigenvalue weighted by Crippen LogP contribution is 2.29. The SMILES string of the molecule is C#CC(=O)NCC(O)C1CCC1. The summed E-state index contributed by atoms with van der Waals surface area (Å²) < 4.78 is 0. The topological polar surface area (TPSA) is 49.3 Å². The van der Waals surface area contributed by atoms with E-state index in [2.05, 4.69) is 5.32 Å². The standard InChI is InChI=1S/C9H13NO2/c1-2-9(12)10-6-8(11)7-4-3-5-7/h1,7-8,11H,3-6H2,(H,10,12). The van der Waals surface area contributed by atoms with Crippen LogP contribution in [0.25, 0.3) is 0 Å². The largest absolute Gasteiger partial charge is 0.391 e. The molecule has 2 N–H and O–H groups in total. The van der Waals surface area contributed by atoms with Gasteiger partial charge in [0, 0.05) is 6.54 Å². The first-order valence-electron chi connectivity index (χ1n) is 4.16. The van der Waals surface area contributed by atoms with Crippen molar-refractivity contribution in [2.45, 2.75) is 25.4 Å². The van der Waals surface area contributed by atoms with Crippen molar-refractivity contribution in [3.8, 4) is 12.3 Å². The van der Waals surface area contributed by atoms with Gasteiger partial charge in [-0.3, -0.25) is 4.79 Å². The van der Waals surface area contributed by atoms with Crippen LogP contribution in [0.5, 0.6) is 0 Å². The number of rotatable bonds is 3. The molecule has 0 aliphatic heterocycles. The van der Waals surface area contributed by atoms with E-state index >= 15 is 0 Å². The lowest BCUT2D eigenvalue weighted by atomic mass is 9.81. The lowest BCUT2D eigenvalue weighted by Gasteiger charge is -2.30. The summed E-state index contributed by atoms with van der Waals surface area (Å²) in [6.45, 7) is 0.285. The molecule has 0 aromatic heterocycles. The molecule has 66 valence electrons. The Morgan fingerprint density at radius 1 is 1.75 bits per heavy atom. The van der Waals surface area contributed by atoms with Crippen LogP contribution in [0.1, 0.15) is 19.3 Å². The molecule has 1 rings (SSSR count). The number of hydrogen-bond donors (Lipinski definition) is 2. The summed E-state index contributed by atoms with van der Waals surface area (Å²) in [7, 11) is 0. The van der Waals surface area contributed by atoms with Crippen LogP contribution in [-0.2, 0) is 4.79 Å². The van der Waals surface area contributed by atoms with Gasteiger partial charge < -0.3 is 10.4 Å².